The zero-order chi connectivity index (χ0) is 19.8. The normalized spacial score (nSPS) is 36.5. The molecule has 2 bridgehead atoms. The number of carbonyl (C=O) groups excluding carboxylic acids is 2. The number of ketones is 2. The third kappa shape index (κ3) is 2.12. The molecule has 2 aromatic carbocycles. The van der Waals surface area contributed by atoms with E-state index in [-0.39, 0.29) is 29.6 Å². The van der Waals surface area contributed by atoms with Crippen molar-refractivity contribution in [2.45, 2.75) is 31.4 Å². The van der Waals surface area contributed by atoms with Gasteiger partial charge in [-0.3, -0.25) is 9.59 Å². The van der Waals surface area contributed by atoms with Crippen molar-refractivity contribution >= 4 is 23.3 Å². The average molecular weight is 387 g/mol. The van der Waals surface area contributed by atoms with Crippen molar-refractivity contribution < 1.29 is 19.1 Å². The Labute approximate surface area is 168 Å². The molecule has 0 aliphatic carbocycles. The van der Waals surface area contributed by atoms with E-state index in [1.54, 1.807) is 0 Å². The second-order valence-corrected chi connectivity index (χ2v) is 8.48. The van der Waals surface area contributed by atoms with Crippen LogP contribution in [-0.4, -0.2) is 42.7 Å². The van der Waals surface area contributed by atoms with E-state index in [0.29, 0.717) is 12.2 Å². The first-order valence-electron chi connectivity index (χ1n) is 10.1. The van der Waals surface area contributed by atoms with Crippen LogP contribution in [0, 0.1) is 11.3 Å². The fraction of sp³-hybridized carbons (Fsp3) is 0.333. The maximum Gasteiger partial charge on any atom is 0.218 e. The molecular weight excluding hydrogens is 366 g/mol. The molecule has 0 amide bonds. The summed E-state index contributed by atoms with van der Waals surface area (Å²) in [6.45, 7) is 2.37. The molecule has 29 heavy (non-hydrogen) atoms. The molecule has 3 saturated heterocycles. The van der Waals surface area contributed by atoms with Crippen LogP contribution in [0.15, 0.2) is 60.7 Å². The number of ether oxygens (including phenoxy) is 2. The van der Waals surface area contributed by atoms with Crippen molar-refractivity contribution in [2.24, 2.45) is 11.3 Å². The van der Waals surface area contributed by atoms with E-state index in [1.807, 2.05) is 61.5 Å². The second kappa shape index (κ2) is 5.88. The van der Waals surface area contributed by atoms with Gasteiger partial charge in [0, 0.05) is 16.7 Å². The predicted octanol–water partition coefficient (Wildman–Crippen LogP) is 3.10. The molecule has 6 atom stereocenters. The standard InChI is InChI=1S/C24H21NO4/c1-24-18-13-28-23(29-18)21(27)19(24)17-12-11-14-7-5-6-10-16(14)25(17)22(24)20(26)15-8-3-2-4-9-15/h2-12,17-19,22-23H,13H2,1H3/t17-,18+,19+,22-,23-,24+/m1/s1. The summed E-state index contributed by atoms with van der Waals surface area (Å²) in [4.78, 5) is 29.4. The van der Waals surface area contributed by atoms with Gasteiger partial charge in [-0.25, -0.2) is 0 Å². The van der Waals surface area contributed by atoms with Gasteiger partial charge in [0.15, 0.2) is 11.6 Å². The fourth-order valence-electron chi connectivity index (χ4n) is 5.78. The number of nitrogens with zero attached hydrogens (tertiary/aromatic N) is 1. The molecular formula is C24H21NO4. The lowest BCUT2D eigenvalue weighted by Crippen LogP contribution is -2.56. The van der Waals surface area contributed by atoms with Crippen LogP contribution in [-0.2, 0) is 14.3 Å². The average Bonchev–Trinajstić information content (AvgIpc) is 3.33. The zero-order valence-electron chi connectivity index (χ0n) is 16.0. The van der Waals surface area contributed by atoms with Crippen LogP contribution >= 0.6 is 0 Å². The zero-order valence-corrected chi connectivity index (χ0v) is 16.0. The van der Waals surface area contributed by atoms with Crippen LogP contribution in [0.3, 0.4) is 0 Å². The number of carbonyl (C=O) groups is 2. The van der Waals surface area contributed by atoms with Gasteiger partial charge in [0.1, 0.15) is 6.04 Å². The molecule has 4 aliphatic heterocycles. The molecule has 5 heteroatoms. The highest BCUT2D eigenvalue weighted by Gasteiger charge is 2.70. The molecule has 0 radical (unpaired) electrons. The Kier molecular flexibility index (Phi) is 3.47. The minimum absolute atomic E-state index is 0.0208. The summed E-state index contributed by atoms with van der Waals surface area (Å²) < 4.78 is 11.6. The Balaban J connectivity index is 1.58. The summed E-state index contributed by atoms with van der Waals surface area (Å²) in [5, 5.41) is 0. The molecule has 0 aromatic heterocycles. The van der Waals surface area contributed by atoms with Crippen LogP contribution in [0.4, 0.5) is 5.69 Å². The van der Waals surface area contributed by atoms with Crippen LogP contribution in [0.1, 0.15) is 22.8 Å². The predicted molar refractivity (Wildman–Crippen MR) is 108 cm³/mol. The molecule has 0 unspecified atom stereocenters. The van der Waals surface area contributed by atoms with Gasteiger partial charge in [0.25, 0.3) is 0 Å². The van der Waals surface area contributed by atoms with Gasteiger partial charge in [-0.15, -0.1) is 0 Å². The van der Waals surface area contributed by atoms with E-state index in [2.05, 4.69) is 17.1 Å². The minimum Gasteiger partial charge on any atom is -0.353 e. The minimum atomic E-state index is -0.809. The monoisotopic (exact) mass is 387 g/mol. The summed E-state index contributed by atoms with van der Waals surface area (Å²) in [6, 6.07) is 16.7. The van der Waals surface area contributed by atoms with Gasteiger partial charge in [0.05, 0.1) is 24.7 Å². The maximum atomic E-state index is 13.9. The smallest absolute Gasteiger partial charge is 0.218 e. The number of fused-ring (bicyclic) bond motifs is 8. The molecule has 2 aromatic rings. The molecule has 5 nitrogen and oxygen atoms in total. The van der Waals surface area contributed by atoms with Crippen molar-refractivity contribution in [3.05, 3.63) is 71.8 Å². The number of para-hydroxylation sites is 1. The van der Waals surface area contributed by atoms with Gasteiger partial charge in [-0.1, -0.05) is 67.6 Å². The molecule has 4 heterocycles. The first-order valence-corrected chi connectivity index (χ1v) is 10.1. The van der Waals surface area contributed by atoms with Crippen molar-refractivity contribution in [1.82, 2.24) is 0 Å². The largest absolute Gasteiger partial charge is 0.353 e. The summed E-state index contributed by atoms with van der Waals surface area (Å²) in [6.07, 6.45) is 3.04. The van der Waals surface area contributed by atoms with Crippen LogP contribution in [0.25, 0.3) is 6.08 Å². The van der Waals surface area contributed by atoms with Crippen molar-refractivity contribution in [1.29, 1.82) is 0 Å². The van der Waals surface area contributed by atoms with Crippen molar-refractivity contribution in [3.8, 4) is 0 Å². The number of anilines is 1. The Morgan fingerprint density at radius 3 is 2.69 bits per heavy atom. The Hall–Kier alpha value is -2.76. The van der Waals surface area contributed by atoms with E-state index >= 15 is 0 Å². The highest BCUT2D eigenvalue weighted by Crippen LogP contribution is 2.58. The summed E-state index contributed by atoms with van der Waals surface area (Å²) in [5.41, 5.74) is 2.03. The topological polar surface area (TPSA) is 55.8 Å². The summed E-state index contributed by atoms with van der Waals surface area (Å²) in [7, 11) is 0. The molecule has 4 aliphatic rings. The van der Waals surface area contributed by atoms with Crippen molar-refractivity contribution in [3.63, 3.8) is 0 Å². The molecule has 0 saturated carbocycles. The van der Waals surface area contributed by atoms with Gasteiger partial charge in [0.2, 0.25) is 6.29 Å². The highest BCUT2D eigenvalue weighted by atomic mass is 16.7. The Morgan fingerprint density at radius 2 is 1.86 bits per heavy atom. The highest BCUT2D eigenvalue weighted by molar-refractivity contribution is 6.06. The summed E-state index contributed by atoms with van der Waals surface area (Å²) >= 11 is 0. The number of rotatable bonds is 2. The van der Waals surface area contributed by atoms with Gasteiger partial charge < -0.3 is 14.4 Å². The number of hydrogen-bond donors (Lipinski definition) is 0. The number of Topliss-reactive ketones (excluding diaryl/α,β-unsaturated/α-hetero) is 2. The van der Waals surface area contributed by atoms with Gasteiger partial charge >= 0.3 is 0 Å². The van der Waals surface area contributed by atoms with Gasteiger partial charge in [-0.05, 0) is 11.6 Å². The molecule has 3 fully saturated rings. The lowest BCUT2D eigenvalue weighted by Gasteiger charge is -2.42. The maximum absolute atomic E-state index is 13.9. The number of benzene rings is 2. The van der Waals surface area contributed by atoms with E-state index in [1.165, 1.54) is 0 Å². The van der Waals surface area contributed by atoms with Crippen molar-refractivity contribution in [2.75, 3.05) is 11.5 Å². The lowest BCUT2D eigenvalue weighted by molar-refractivity contribution is -0.173. The second-order valence-electron chi connectivity index (χ2n) is 8.48. The van der Waals surface area contributed by atoms with Crippen LogP contribution in [0.5, 0.6) is 0 Å². The molecule has 0 spiro atoms. The Morgan fingerprint density at radius 1 is 1.10 bits per heavy atom. The third-order valence-electron chi connectivity index (χ3n) is 7.11. The van der Waals surface area contributed by atoms with Gasteiger partial charge in [-0.2, -0.15) is 0 Å². The quantitative estimate of drug-likeness (QED) is 0.742. The van der Waals surface area contributed by atoms with Crippen LogP contribution < -0.4 is 4.90 Å². The molecule has 146 valence electrons. The van der Waals surface area contributed by atoms with E-state index in [4.69, 9.17) is 9.47 Å². The van der Waals surface area contributed by atoms with E-state index < -0.39 is 17.7 Å². The molecule has 6 rings (SSSR count). The SMILES string of the molecule is C[C@]12[C@@H]3CO[C@H](O3)C(=O)[C@@H]1[C@H]1C=Cc3ccccc3N1[C@@H]2C(=O)c1ccccc1. The first kappa shape index (κ1) is 17.1. The third-order valence-corrected chi connectivity index (χ3v) is 7.11. The Bertz CT molecular complexity index is 1050. The first-order chi connectivity index (χ1) is 14.1. The molecule has 0 N–H and O–H groups in total. The number of hydrogen-bond acceptors (Lipinski definition) is 5. The van der Waals surface area contributed by atoms with Crippen LogP contribution in [0.2, 0.25) is 0 Å². The fourth-order valence-corrected chi connectivity index (χ4v) is 5.78. The van der Waals surface area contributed by atoms with E-state index in [0.717, 1.165) is 11.3 Å². The van der Waals surface area contributed by atoms with E-state index in [9.17, 15) is 9.59 Å². The lowest BCUT2D eigenvalue weighted by atomic mass is 9.65. The summed E-state index contributed by atoms with van der Waals surface area (Å²) in [5.74, 6) is -0.382.